The number of hydrogen-bond donors (Lipinski definition) is 2. The molecule has 0 spiro atoms. The first kappa shape index (κ1) is 26.5. The monoisotopic (exact) mass is 446 g/mol. The number of likely N-dealkylation sites (N-methyl/N-ethyl adjacent to an activating group) is 1. The summed E-state index contributed by atoms with van der Waals surface area (Å²) in [5, 5.41) is 2.93. The number of anilines is 1. The van der Waals surface area contributed by atoms with E-state index in [1.165, 1.54) is 5.56 Å². The molecule has 2 aromatic rings. The molecule has 0 aliphatic carbocycles. The molecule has 1 fully saturated rings. The minimum atomic E-state index is -0.139. The van der Waals surface area contributed by atoms with Crippen molar-refractivity contribution in [3.63, 3.8) is 0 Å². The Morgan fingerprint density at radius 3 is 2.11 bits per heavy atom. The molecular formula is C20H29Cl3N4O. The van der Waals surface area contributed by atoms with Gasteiger partial charge in [-0.2, -0.15) is 0 Å². The number of nitrogens with two attached hydrogens (primary N) is 1. The number of halogens is 3. The number of para-hydroxylation sites is 1. The van der Waals surface area contributed by atoms with E-state index in [9.17, 15) is 4.79 Å². The summed E-state index contributed by atoms with van der Waals surface area (Å²) in [5.74, 6) is -0.139. The van der Waals surface area contributed by atoms with Gasteiger partial charge in [0.1, 0.15) is 0 Å². The molecule has 1 aliphatic heterocycles. The maximum absolute atomic E-state index is 12.2. The van der Waals surface area contributed by atoms with E-state index in [1.807, 2.05) is 12.1 Å². The number of nitrogen functional groups attached to an aromatic ring is 1. The SMILES string of the molecule is CN1CCN(Cc2ccc(CNC(=O)c3ccccc3N)cc2)CC1.Cl.Cl.Cl. The highest BCUT2D eigenvalue weighted by molar-refractivity contribution is 5.99. The molecule has 1 heterocycles. The fourth-order valence-electron chi connectivity index (χ4n) is 3.01. The van der Waals surface area contributed by atoms with Crippen molar-refractivity contribution in [1.82, 2.24) is 15.1 Å². The van der Waals surface area contributed by atoms with Crippen LogP contribution < -0.4 is 11.1 Å². The molecule has 156 valence electrons. The van der Waals surface area contributed by atoms with Gasteiger partial charge in [0.15, 0.2) is 0 Å². The number of carbonyl (C=O) groups excluding carboxylic acids is 1. The lowest BCUT2D eigenvalue weighted by Crippen LogP contribution is -2.43. The number of nitrogens with one attached hydrogen (secondary N) is 1. The highest BCUT2D eigenvalue weighted by atomic mass is 35.5. The number of benzene rings is 2. The molecule has 28 heavy (non-hydrogen) atoms. The predicted octanol–water partition coefficient (Wildman–Crippen LogP) is 3.21. The average molecular weight is 448 g/mol. The highest BCUT2D eigenvalue weighted by Gasteiger charge is 2.13. The normalized spacial score (nSPS) is 14.2. The molecule has 5 nitrogen and oxygen atoms in total. The van der Waals surface area contributed by atoms with Gasteiger partial charge in [0.25, 0.3) is 5.91 Å². The van der Waals surface area contributed by atoms with E-state index in [-0.39, 0.29) is 43.1 Å². The van der Waals surface area contributed by atoms with Gasteiger partial charge in [-0.05, 0) is 30.3 Å². The van der Waals surface area contributed by atoms with E-state index in [4.69, 9.17) is 5.73 Å². The van der Waals surface area contributed by atoms with Crippen LogP contribution in [0.25, 0.3) is 0 Å². The fraction of sp³-hybridized carbons (Fsp3) is 0.350. The lowest BCUT2D eigenvalue weighted by atomic mass is 10.1. The summed E-state index contributed by atoms with van der Waals surface area (Å²) in [4.78, 5) is 17.0. The Bertz CT molecular complexity index is 720. The second kappa shape index (κ2) is 12.9. The van der Waals surface area contributed by atoms with Crippen molar-refractivity contribution in [2.75, 3.05) is 39.0 Å². The second-order valence-electron chi connectivity index (χ2n) is 6.67. The Hall–Kier alpha value is -1.50. The van der Waals surface area contributed by atoms with E-state index < -0.39 is 0 Å². The van der Waals surface area contributed by atoms with E-state index >= 15 is 0 Å². The zero-order valence-corrected chi connectivity index (χ0v) is 18.4. The summed E-state index contributed by atoms with van der Waals surface area (Å²) in [6, 6.07) is 15.6. The molecule has 1 aliphatic rings. The first-order chi connectivity index (χ1) is 12.1. The molecule has 3 N–H and O–H groups in total. The topological polar surface area (TPSA) is 61.6 Å². The number of amides is 1. The van der Waals surface area contributed by atoms with Crippen LogP contribution in [0.4, 0.5) is 5.69 Å². The van der Waals surface area contributed by atoms with Crippen LogP contribution in [0.15, 0.2) is 48.5 Å². The van der Waals surface area contributed by atoms with Gasteiger partial charge in [-0.3, -0.25) is 9.69 Å². The van der Waals surface area contributed by atoms with Crippen molar-refractivity contribution < 1.29 is 4.79 Å². The van der Waals surface area contributed by atoms with Crippen LogP contribution in [0, 0.1) is 0 Å². The third-order valence-electron chi connectivity index (χ3n) is 4.68. The van der Waals surface area contributed by atoms with Gasteiger partial charge >= 0.3 is 0 Å². The van der Waals surface area contributed by atoms with Crippen molar-refractivity contribution in [2.24, 2.45) is 0 Å². The maximum Gasteiger partial charge on any atom is 0.253 e. The Kier molecular flexibility index (Phi) is 12.2. The number of hydrogen-bond acceptors (Lipinski definition) is 4. The van der Waals surface area contributed by atoms with E-state index in [2.05, 4.69) is 46.4 Å². The Balaban J connectivity index is 0.00000243. The van der Waals surface area contributed by atoms with Crippen molar-refractivity contribution in [3.05, 3.63) is 65.2 Å². The molecule has 0 unspecified atom stereocenters. The number of piperazine rings is 1. The van der Waals surface area contributed by atoms with Crippen LogP contribution in [0.5, 0.6) is 0 Å². The second-order valence-corrected chi connectivity index (χ2v) is 6.67. The van der Waals surface area contributed by atoms with Crippen LogP contribution in [0.3, 0.4) is 0 Å². The summed E-state index contributed by atoms with van der Waals surface area (Å²) in [5.41, 5.74) is 9.26. The molecule has 1 amide bonds. The van der Waals surface area contributed by atoms with Crippen LogP contribution in [0.1, 0.15) is 21.5 Å². The minimum Gasteiger partial charge on any atom is -0.398 e. The van der Waals surface area contributed by atoms with E-state index in [0.29, 0.717) is 17.8 Å². The molecule has 3 rings (SSSR count). The van der Waals surface area contributed by atoms with Crippen LogP contribution >= 0.6 is 37.2 Å². The van der Waals surface area contributed by atoms with Gasteiger partial charge < -0.3 is 16.0 Å². The lowest BCUT2D eigenvalue weighted by Gasteiger charge is -2.32. The summed E-state index contributed by atoms with van der Waals surface area (Å²) in [6.07, 6.45) is 0. The van der Waals surface area contributed by atoms with E-state index in [0.717, 1.165) is 38.3 Å². The van der Waals surface area contributed by atoms with Gasteiger partial charge in [0.2, 0.25) is 0 Å². The fourth-order valence-corrected chi connectivity index (χ4v) is 3.01. The molecule has 2 aromatic carbocycles. The first-order valence-electron chi connectivity index (χ1n) is 8.73. The van der Waals surface area contributed by atoms with Crippen LogP contribution in [-0.4, -0.2) is 48.9 Å². The van der Waals surface area contributed by atoms with Crippen molar-refractivity contribution in [1.29, 1.82) is 0 Å². The van der Waals surface area contributed by atoms with Crippen molar-refractivity contribution >= 4 is 48.8 Å². The standard InChI is InChI=1S/C20H26N4O.3ClH/c1-23-10-12-24(13-11-23)15-17-8-6-16(7-9-17)14-22-20(25)18-4-2-3-5-19(18)21;;;/h2-9H,10-15,21H2,1H3,(H,22,25);3*1H. The lowest BCUT2D eigenvalue weighted by molar-refractivity contribution is 0.0952. The number of nitrogens with zero attached hydrogens (tertiary/aromatic N) is 2. The zero-order valence-electron chi connectivity index (χ0n) is 16.0. The van der Waals surface area contributed by atoms with Crippen molar-refractivity contribution in [3.8, 4) is 0 Å². The highest BCUT2D eigenvalue weighted by Crippen LogP contribution is 2.12. The minimum absolute atomic E-state index is 0. The summed E-state index contributed by atoms with van der Waals surface area (Å²) in [6.45, 7) is 5.99. The molecule has 1 saturated heterocycles. The first-order valence-corrected chi connectivity index (χ1v) is 8.73. The Morgan fingerprint density at radius 2 is 1.50 bits per heavy atom. The molecular weight excluding hydrogens is 419 g/mol. The quantitative estimate of drug-likeness (QED) is 0.691. The Morgan fingerprint density at radius 1 is 0.929 bits per heavy atom. The molecule has 0 radical (unpaired) electrons. The number of rotatable bonds is 5. The molecule has 8 heteroatoms. The zero-order chi connectivity index (χ0) is 17.6. The number of carbonyl (C=O) groups is 1. The van der Waals surface area contributed by atoms with Gasteiger partial charge in [-0.1, -0.05) is 36.4 Å². The summed E-state index contributed by atoms with van der Waals surface area (Å²) in [7, 11) is 2.17. The van der Waals surface area contributed by atoms with Gasteiger partial charge in [-0.25, -0.2) is 0 Å². The van der Waals surface area contributed by atoms with Gasteiger partial charge in [0.05, 0.1) is 5.56 Å². The largest absolute Gasteiger partial charge is 0.398 e. The van der Waals surface area contributed by atoms with Crippen LogP contribution in [0.2, 0.25) is 0 Å². The molecule has 0 atom stereocenters. The maximum atomic E-state index is 12.2. The van der Waals surface area contributed by atoms with E-state index in [1.54, 1.807) is 12.1 Å². The van der Waals surface area contributed by atoms with Gasteiger partial charge in [-0.15, -0.1) is 37.2 Å². The summed E-state index contributed by atoms with van der Waals surface area (Å²) < 4.78 is 0. The third kappa shape index (κ3) is 7.49. The smallest absolute Gasteiger partial charge is 0.253 e. The Labute approximate surface area is 185 Å². The molecule has 0 saturated carbocycles. The average Bonchev–Trinajstić information content (AvgIpc) is 2.63. The van der Waals surface area contributed by atoms with Gasteiger partial charge in [0, 0.05) is 45.0 Å². The van der Waals surface area contributed by atoms with Crippen molar-refractivity contribution in [2.45, 2.75) is 13.1 Å². The van der Waals surface area contributed by atoms with Crippen LogP contribution in [-0.2, 0) is 13.1 Å². The predicted molar refractivity (Wildman–Crippen MR) is 123 cm³/mol. The summed E-state index contributed by atoms with van der Waals surface area (Å²) >= 11 is 0. The third-order valence-corrected chi connectivity index (χ3v) is 4.68. The molecule has 0 aromatic heterocycles. The molecule has 0 bridgehead atoms.